The maximum atomic E-state index is 14.0. The van der Waals surface area contributed by atoms with Crippen molar-refractivity contribution in [2.24, 2.45) is 0 Å². The zero-order valence-corrected chi connectivity index (χ0v) is 11.8. The smallest absolute Gasteiger partial charge is 0.261 e. The molecule has 0 atom stereocenters. The minimum absolute atomic E-state index is 0.103. The fourth-order valence-electron chi connectivity index (χ4n) is 2.49. The third-order valence-electron chi connectivity index (χ3n) is 3.54. The molecule has 3 nitrogen and oxygen atoms in total. The summed E-state index contributed by atoms with van der Waals surface area (Å²) in [5.74, 6) is -0.154. The quantitative estimate of drug-likeness (QED) is 0.801. The summed E-state index contributed by atoms with van der Waals surface area (Å²) in [5, 5.41) is 0. The molecule has 0 radical (unpaired) electrons. The van der Waals surface area contributed by atoms with Crippen LogP contribution in [0.5, 0.6) is 5.75 Å². The Kier molecular flexibility index (Phi) is 3.60. The number of rotatable bonds is 1. The molecule has 2 aromatic rings. The second-order valence-corrected chi connectivity index (χ2v) is 5.11. The lowest BCUT2D eigenvalue weighted by Crippen LogP contribution is -2.32. The summed E-state index contributed by atoms with van der Waals surface area (Å²) < 4.78 is 19.6. The average molecular weight is 285 g/mol. The van der Waals surface area contributed by atoms with Crippen molar-refractivity contribution in [3.8, 4) is 5.75 Å². The van der Waals surface area contributed by atoms with Gasteiger partial charge in [0.05, 0.1) is 17.9 Å². The minimum atomic E-state index is -0.492. The number of aryl methyl sites for hydroxylation is 1. The number of carbonyl (C=O) groups excluding carboxylic acids is 1. The lowest BCUT2D eigenvalue weighted by atomic mass is 10.1. The van der Waals surface area contributed by atoms with E-state index in [1.165, 1.54) is 6.07 Å². The van der Waals surface area contributed by atoms with Crippen LogP contribution in [0.1, 0.15) is 22.3 Å². The Hall–Kier alpha value is -2.36. The summed E-state index contributed by atoms with van der Waals surface area (Å²) in [6.07, 6.45) is 0.716. The molecule has 1 amide bonds. The highest BCUT2D eigenvalue weighted by atomic mass is 19.1. The number of fused-ring (bicyclic) bond motifs is 1. The van der Waals surface area contributed by atoms with Crippen molar-refractivity contribution in [1.82, 2.24) is 0 Å². The van der Waals surface area contributed by atoms with E-state index >= 15 is 0 Å². The Labute approximate surface area is 123 Å². The Balaban J connectivity index is 2.03. The van der Waals surface area contributed by atoms with Gasteiger partial charge in [0, 0.05) is 6.54 Å². The summed E-state index contributed by atoms with van der Waals surface area (Å²) in [7, 11) is 0. The van der Waals surface area contributed by atoms with Crippen LogP contribution in [0.4, 0.5) is 10.1 Å². The van der Waals surface area contributed by atoms with E-state index in [2.05, 4.69) is 0 Å². The molecule has 2 aromatic carbocycles. The Bertz CT molecular complexity index is 684. The highest BCUT2D eigenvalue weighted by Crippen LogP contribution is 2.31. The first kappa shape index (κ1) is 13.6. The lowest BCUT2D eigenvalue weighted by molar-refractivity contribution is 0.0983. The van der Waals surface area contributed by atoms with Gasteiger partial charge in [0.1, 0.15) is 11.6 Å². The first-order valence-corrected chi connectivity index (χ1v) is 6.96. The van der Waals surface area contributed by atoms with Crippen molar-refractivity contribution in [2.45, 2.75) is 13.3 Å². The third kappa shape index (κ3) is 2.61. The van der Waals surface area contributed by atoms with E-state index in [-0.39, 0.29) is 11.5 Å². The second-order valence-electron chi connectivity index (χ2n) is 5.11. The largest absolute Gasteiger partial charge is 0.491 e. The van der Waals surface area contributed by atoms with Crippen molar-refractivity contribution in [2.75, 3.05) is 18.1 Å². The van der Waals surface area contributed by atoms with Gasteiger partial charge in [0.15, 0.2) is 0 Å². The zero-order chi connectivity index (χ0) is 14.8. The summed E-state index contributed by atoms with van der Waals surface area (Å²) in [6.45, 7) is 2.91. The fourth-order valence-corrected chi connectivity index (χ4v) is 2.49. The normalized spacial score (nSPS) is 14.1. The van der Waals surface area contributed by atoms with Crippen molar-refractivity contribution >= 4 is 11.6 Å². The number of halogens is 1. The van der Waals surface area contributed by atoms with Crippen molar-refractivity contribution in [3.05, 3.63) is 59.4 Å². The van der Waals surface area contributed by atoms with Crippen LogP contribution in [0.2, 0.25) is 0 Å². The third-order valence-corrected chi connectivity index (χ3v) is 3.54. The van der Waals surface area contributed by atoms with Gasteiger partial charge in [-0.3, -0.25) is 4.79 Å². The van der Waals surface area contributed by atoms with Gasteiger partial charge >= 0.3 is 0 Å². The number of hydrogen-bond acceptors (Lipinski definition) is 2. The summed E-state index contributed by atoms with van der Waals surface area (Å²) in [6, 6.07) is 11.9. The van der Waals surface area contributed by atoms with E-state index in [0.29, 0.717) is 31.0 Å². The van der Waals surface area contributed by atoms with E-state index in [0.717, 1.165) is 5.56 Å². The molecule has 21 heavy (non-hydrogen) atoms. The molecule has 0 bridgehead atoms. The summed E-state index contributed by atoms with van der Waals surface area (Å²) >= 11 is 0. The van der Waals surface area contributed by atoms with Crippen LogP contribution in [-0.2, 0) is 0 Å². The van der Waals surface area contributed by atoms with Gasteiger partial charge in [-0.25, -0.2) is 4.39 Å². The van der Waals surface area contributed by atoms with Gasteiger partial charge in [-0.1, -0.05) is 23.8 Å². The molecule has 0 aromatic heterocycles. The Morgan fingerprint density at radius 2 is 2.05 bits per heavy atom. The molecule has 1 aliphatic rings. The zero-order valence-electron chi connectivity index (χ0n) is 11.8. The van der Waals surface area contributed by atoms with Crippen molar-refractivity contribution in [3.63, 3.8) is 0 Å². The standard InChI is InChI=1S/C17H16FNO2/c1-12-7-8-14(18)13(11-12)17(20)19-9-4-10-21-16-6-3-2-5-15(16)19/h2-3,5-8,11H,4,9-10H2,1H3. The summed E-state index contributed by atoms with van der Waals surface area (Å²) in [5.41, 5.74) is 1.66. The van der Waals surface area contributed by atoms with Crippen LogP contribution in [-0.4, -0.2) is 19.1 Å². The monoisotopic (exact) mass is 285 g/mol. The molecule has 4 heteroatoms. The molecule has 108 valence electrons. The number of ether oxygens (including phenoxy) is 1. The first-order valence-electron chi connectivity index (χ1n) is 6.96. The average Bonchev–Trinajstić information content (AvgIpc) is 2.71. The molecule has 1 heterocycles. The van der Waals surface area contributed by atoms with Gasteiger partial charge in [0.25, 0.3) is 5.91 Å². The van der Waals surface area contributed by atoms with Gasteiger partial charge in [0.2, 0.25) is 0 Å². The summed E-state index contributed by atoms with van der Waals surface area (Å²) in [4.78, 5) is 14.3. The maximum absolute atomic E-state index is 14.0. The van der Waals surface area contributed by atoms with Gasteiger partial charge < -0.3 is 9.64 Å². The molecule has 3 rings (SSSR count). The second kappa shape index (κ2) is 5.56. The van der Waals surface area contributed by atoms with Gasteiger partial charge in [-0.2, -0.15) is 0 Å². The highest BCUT2D eigenvalue weighted by Gasteiger charge is 2.25. The van der Waals surface area contributed by atoms with Crippen LogP contribution in [0.15, 0.2) is 42.5 Å². The van der Waals surface area contributed by atoms with E-state index in [4.69, 9.17) is 4.74 Å². The molecule has 1 aliphatic heterocycles. The highest BCUT2D eigenvalue weighted by molar-refractivity contribution is 6.07. The van der Waals surface area contributed by atoms with E-state index in [9.17, 15) is 9.18 Å². The molecule has 0 saturated carbocycles. The number of benzene rings is 2. The number of amides is 1. The minimum Gasteiger partial charge on any atom is -0.491 e. The molecule has 0 N–H and O–H groups in total. The number of nitrogens with zero attached hydrogens (tertiary/aromatic N) is 1. The molecule has 0 spiro atoms. The first-order chi connectivity index (χ1) is 10.2. The van der Waals surface area contributed by atoms with E-state index in [1.54, 1.807) is 17.0 Å². The molecule has 0 fully saturated rings. The van der Waals surface area contributed by atoms with Crippen LogP contribution in [0.3, 0.4) is 0 Å². The topological polar surface area (TPSA) is 29.5 Å². The maximum Gasteiger partial charge on any atom is 0.261 e. The predicted octanol–water partition coefficient (Wildman–Crippen LogP) is 3.56. The number of anilines is 1. The Morgan fingerprint density at radius 1 is 1.24 bits per heavy atom. The number of para-hydroxylation sites is 2. The van der Waals surface area contributed by atoms with E-state index < -0.39 is 5.82 Å². The van der Waals surface area contributed by atoms with Crippen LogP contribution < -0.4 is 9.64 Å². The number of hydrogen-bond donors (Lipinski definition) is 0. The molecular formula is C17H16FNO2. The molecular weight excluding hydrogens is 269 g/mol. The number of carbonyl (C=O) groups is 1. The van der Waals surface area contributed by atoms with Gasteiger partial charge in [-0.05, 0) is 37.6 Å². The predicted molar refractivity (Wildman–Crippen MR) is 79.4 cm³/mol. The van der Waals surface area contributed by atoms with Gasteiger partial charge in [-0.15, -0.1) is 0 Å². The van der Waals surface area contributed by atoms with Crippen LogP contribution >= 0.6 is 0 Å². The van der Waals surface area contributed by atoms with Crippen molar-refractivity contribution < 1.29 is 13.9 Å². The molecule has 0 aliphatic carbocycles. The molecule has 0 saturated heterocycles. The van der Waals surface area contributed by atoms with Crippen LogP contribution in [0.25, 0.3) is 0 Å². The Morgan fingerprint density at radius 3 is 2.90 bits per heavy atom. The lowest BCUT2D eigenvalue weighted by Gasteiger charge is -2.22. The fraction of sp³-hybridized carbons (Fsp3) is 0.235. The van der Waals surface area contributed by atoms with Crippen LogP contribution in [0, 0.1) is 12.7 Å². The van der Waals surface area contributed by atoms with Crippen molar-refractivity contribution in [1.29, 1.82) is 0 Å². The van der Waals surface area contributed by atoms with E-state index in [1.807, 2.05) is 31.2 Å². The molecule has 0 unspecified atom stereocenters. The SMILES string of the molecule is Cc1ccc(F)c(C(=O)N2CCCOc3ccccc32)c1.